The summed E-state index contributed by atoms with van der Waals surface area (Å²) < 4.78 is 2.16. The SMILES string of the molecule is O=C(CSc1ccccc1O)n1nc2ccccn2c1=O. The fourth-order valence-corrected chi connectivity index (χ4v) is 2.66. The molecular weight excluding hydrogens is 290 g/mol. The third kappa shape index (κ3) is 2.55. The van der Waals surface area contributed by atoms with Gasteiger partial charge in [-0.3, -0.25) is 4.79 Å². The molecule has 6 nitrogen and oxygen atoms in total. The second-order valence-corrected chi connectivity index (χ2v) is 5.29. The van der Waals surface area contributed by atoms with Gasteiger partial charge in [0.15, 0.2) is 5.65 Å². The van der Waals surface area contributed by atoms with Gasteiger partial charge in [-0.2, -0.15) is 0 Å². The number of carbonyl (C=O) groups excluding carboxylic acids is 1. The molecule has 0 fully saturated rings. The Bertz CT molecular complexity index is 869. The lowest BCUT2D eigenvalue weighted by Gasteiger charge is -2.02. The highest BCUT2D eigenvalue weighted by molar-refractivity contribution is 8.00. The van der Waals surface area contributed by atoms with Crippen LogP contribution in [0.4, 0.5) is 0 Å². The van der Waals surface area contributed by atoms with Crippen LogP contribution in [0.25, 0.3) is 5.65 Å². The van der Waals surface area contributed by atoms with Crippen LogP contribution < -0.4 is 5.69 Å². The van der Waals surface area contributed by atoms with E-state index in [4.69, 9.17) is 0 Å². The number of aromatic hydroxyl groups is 1. The third-order valence-corrected chi connectivity index (χ3v) is 3.93. The van der Waals surface area contributed by atoms with Gasteiger partial charge < -0.3 is 5.11 Å². The first-order valence-corrected chi connectivity index (χ1v) is 7.16. The van der Waals surface area contributed by atoms with E-state index in [9.17, 15) is 14.7 Å². The molecule has 0 bridgehead atoms. The summed E-state index contributed by atoms with van der Waals surface area (Å²) in [5.74, 6) is -0.309. The van der Waals surface area contributed by atoms with E-state index in [0.717, 1.165) is 16.4 Å². The molecular formula is C14H11N3O3S. The van der Waals surface area contributed by atoms with E-state index in [0.29, 0.717) is 10.5 Å². The molecule has 7 heteroatoms. The summed E-state index contributed by atoms with van der Waals surface area (Å²) >= 11 is 1.16. The average molecular weight is 301 g/mol. The van der Waals surface area contributed by atoms with Crippen LogP contribution in [0.3, 0.4) is 0 Å². The molecule has 0 aliphatic rings. The fourth-order valence-electron chi connectivity index (χ4n) is 1.87. The molecule has 0 saturated heterocycles. The largest absolute Gasteiger partial charge is 0.507 e. The summed E-state index contributed by atoms with van der Waals surface area (Å²) in [4.78, 5) is 24.7. The molecule has 0 aliphatic heterocycles. The zero-order valence-corrected chi connectivity index (χ0v) is 11.7. The molecule has 1 aromatic carbocycles. The van der Waals surface area contributed by atoms with E-state index in [-0.39, 0.29) is 11.5 Å². The number of hydrogen-bond donors (Lipinski definition) is 1. The molecule has 0 atom stereocenters. The van der Waals surface area contributed by atoms with Crippen LogP contribution in [0.1, 0.15) is 4.79 Å². The number of phenolic OH excluding ortho intramolecular Hbond substituents is 1. The van der Waals surface area contributed by atoms with Gasteiger partial charge in [-0.25, -0.2) is 9.20 Å². The molecule has 21 heavy (non-hydrogen) atoms. The molecule has 3 rings (SSSR count). The van der Waals surface area contributed by atoms with E-state index < -0.39 is 11.6 Å². The normalized spacial score (nSPS) is 10.9. The topological polar surface area (TPSA) is 76.6 Å². The van der Waals surface area contributed by atoms with Crippen LogP contribution in [0.15, 0.2) is 58.4 Å². The number of fused-ring (bicyclic) bond motifs is 1. The van der Waals surface area contributed by atoms with Gasteiger partial charge in [0.2, 0.25) is 0 Å². The predicted octanol–water partition coefficient (Wildman–Crippen LogP) is 1.63. The zero-order valence-electron chi connectivity index (χ0n) is 10.8. The highest BCUT2D eigenvalue weighted by Gasteiger charge is 2.14. The van der Waals surface area contributed by atoms with Crippen molar-refractivity contribution in [2.45, 2.75) is 4.90 Å². The smallest absolute Gasteiger partial charge is 0.357 e. The van der Waals surface area contributed by atoms with Gasteiger partial charge in [-0.1, -0.05) is 18.2 Å². The minimum absolute atomic E-state index is 0.0152. The molecule has 106 valence electrons. The number of hydrogen-bond acceptors (Lipinski definition) is 5. The second kappa shape index (κ2) is 5.45. The summed E-state index contributed by atoms with van der Waals surface area (Å²) in [6, 6.07) is 11.8. The number of carbonyl (C=O) groups is 1. The number of thioether (sulfide) groups is 1. The molecule has 0 radical (unpaired) electrons. The van der Waals surface area contributed by atoms with Crippen molar-refractivity contribution in [3.05, 3.63) is 59.1 Å². The summed E-state index contributed by atoms with van der Waals surface area (Å²) in [6.07, 6.45) is 1.56. The van der Waals surface area contributed by atoms with Crippen LogP contribution in [0.2, 0.25) is 0 Å². The maximum atomic E-state index is 12.1. The highest BCUT2D eigenvalue weighted by Crippen LogP contribution is 2.27. The number of phenols is 1. The van der Waals surface area contributed by atoms with Crippen molar-refractivity contribution in [3.8, 4) is 5.75 Å². The number of benzene rings is 1. The number of pyridine rings is 1. The summed E-state index contributed by atoms with van der Waals surface area (Å²) in [5, 5.41) is 13.6. The number of para-hydroxylation sites is 1. The third-order valence-electron chi connectivity index (χ3n) is 2.88. The Morgan fingerprint density at radius 1 is 1.19 bits per heavy atom. The highest BCUT2D eigenvalue weighted by atomic mass is 32.2. The maximum absolute atomic E-state index is 12.1. The lowest BCUT2D eigenvalue weighted by atomic mass is 10.3. The van der Waals surface area contributed by atoms with Crippen molar-refractivity contribution < 1.29 is 9.90 Å². The molecule has 0 spiro atoms. The molecule has 0 amide bonds. The van der Waals surface area contributed by atoms with Crippen molar-refractivity contribution in [2.75, 3.05) is 5.75 Å². The van der Waals surface area contributed by atoms with Crippen LogP contribution in [0.5, 0.6) is 5.75 Å². The van der Waals surface area contributed by atoms with Gasteiger partial charge in [0.25, 0.3) is 5.91 Å². The Hall–Kier alpha value is -2.54. The van der Waals surface area contributed by atoms with Crippen molar-refractivity contribution in [2.24, 2.45) is 0 Å². The number of rotatable bonds is 3. The van der Waals surface area contributed by atoms with E-state index >= 15 is 0 Å². The first-order chi connectivity index (χ1) is 10.2. The quantitative estimate of drug-likeness (QED) is 0.744. The van der Waals surface area contributed by atoms with Gasteiger partial charge in [-0.05, 0) is 24.3 Å². The van der Waals surface area contributed by atoms with E-state index in [1.807, 2.05) is 0 Å². The van der Waals surface area contributed by atoms with Crippen molar-refractivity contribution in [3.63, 3.8) is 0 Å². The standard InChI is InChI=1S/C14H11N3O3S/c18-10-5-1-2-6-11(10)21-9-13(19)17-14(20)16-8-4-3-7-12(16)15-17/h1-8,18H,9H2. The summed E-state index contributed by atoms with van der Waals surface area (Å²) in [7, 11) is 0. The van der Waals surface area contributed by atoms with E-state index in [1.54, 1.807) is 48.7 Å². The van der Waals surface area contributed by atoms with Crippen LogP contribution in [-0.4, -0.2) is 30.9 Å². The Morgan fingerprint density at radius 3 is 2.71 bits per heavy atom. The first-order valence-electron chi connectivity index (χ1n) is 6.17. The van der Waals surface area contributed by atoms with E-state index in [1.165, 1.54) is 4.40 Å². The molecule has 0 aliphatic carbocycles. The monoisotopic (exact) mass is 301 g/mol. The van der Waals surface area contributed by atoms with Crippen molar-refractivity contribution in [1.82, 2.24) is 14.2 Å². The van der Waals surface area contributed by atoms with E-state index in [2.05, 4.69) is 5.10 Å². The Morgan fingerprint density at radius 2 is 1.95 bits per heavy atom. The maximum Gasteiger partial charge on any atom is 0.357 e. The Kier molecular flexibility index (Phi) is 3.49. The second-order valence-electron chi connectivity index (χ2n) is 4.27. The predicted molar refractivity (Wildman–Crippen MR) is 78.9 cm³/mol. The summed E-state index contributed by atoms with van der Waals surface area (Å²) in [6.45, 7) is 0. The lowest BCUT2D eigenvalue weighted by molar-refractivity contribution is 0.0922. The van der Waals surface area contributed by atoms with Crippen LogP contribution in [0, 0.1) is 0 Å². The molecule has 2 aromatic heterocycles. The van der Waals surface area contributed by atoms with Gasteiger partial charge in [0.05, 0.1) is 5.75 Å². The number of aromatic nitrogens is 3. The van der Waals surface area contributed by atoms with Crippen molar-refractivity contribution in [1.29, 1.82) is 0 Å². The lowest BCUT2D eigenvalue weighted by Crippen LogP contribution is -2.28. The minimum atomic E-state index is -0.492. The summed E-state index contributed by atoms with van der Waals surface area (Å²) in [5.41, 5.74) is -0.0723. The average Bonchev–Trinajstić information content (AvgIpc) is 2.84. The molecule has 1 N–H and O–H groups in total. The first kappa shape index (κ1) is 13.4. The zero-order chi connectivity index (χ0) is 14.8. The van der Waals surface area contributed by atoms with Crippen LogP contribution in [-0.2, 0) is 0 Å². The Balaban J connectivity index is 1.83. The Labute approximate surface area is 123 Å². The van der Waals surface area contributed by atoms with Gasteiger partial charge in [0.1, 0.15) is 5.75 Å². The van der Waals surface area contributed by atoms with Gasteiger partial charge in [-0.15, -0.1) is 21.5 Å². The van der Waals surface area contributed by atoms with Crippen LogP contribution >= 0.6 is 11.8 Å². The van der Waals surface area contributed by atoms with Gasteiger partial charge in [0, 0.05) is 11.1 Å². The molecule has 3 aromatic rings. The molecule has 0 unspecified atom stereocenters. The number of nitrogens with zero attached hydrogens (tertiary/aromatic N) is 3. The minimum Gasteiger partial charge on any atom is -0.507 e. The molecule has 0 saturated carbocycles. The van der Waals surface area contributed by atoms with Gasteiger partial charge >= 0.3 is 5.69 Å². The fraction of sp³-hybridized carbons (Fsp3) is 0.0714. The molecule has 2 heterocycles. The van der Waals surface area contributed by atoms with Crippen molar-refractivity contribution >= 4 is 23.3 Å².